The van der Waals surface area contributed by atoms with Crippen LogP contribution in [-0.4, -0.2) is 4.99 Å². The second kappa shape index (κ2) is 6.68. The summed E-state index contributed by atoms with van der Waals surface area (Å²) in [6.07, 6.45) is 0.627. The summed E-state index contributed by atoms with van der Waals surface area (Å²) in [5.74, 6) is 0.842. The number of nitrogens with two attached hydrogens (primary N) is 1. The van der Waals surface area contributed by atoms with Crippen molar-refractivity contribution in [2.45, 2.75) is 13.0 Å². The van der Waals surface area contributed by atoms with Crippen molar-refractivity contribution in [1.82, 2.24) is 0 Å². The molecule has 4 heteroatoms. The maximum Gasteiger partial charge on any atom is 0.119 e. The van der Waals surface area contributed by atoms with E-state index in [-0.39, 0.29) is 0 Å². The minimum atomic E-state index is 0.503. The molecule has 98 valence electrons. The number of benzene rings is 2. The molecule has 0 spiro atoms. The largest absolute Gasteiger partial charge is 0.489 e. The maximum absolute atomic E-state index is 5.71. The van der Waals surface area contributed by atoms with Crippen LogP contribution < -0.4 is 10.5 Å². The van der Waals surface area contributed by atoms with Gasteiger partial charge in [-0.3, -0.25) is 0 Å². The van der Waals surface area contributed by atoms with Gasteiger partial charge in [0.2, 0.25) is 0 Å². The van der Waals surface area contributed by atoms with Gasteiger partial charge in [0, 0.05) is 10.9 Å². The third-order valence-electron chi connectivity index (χ3n) is 2.62. The Bertz CT molecular complexity index is 551. The highest BCUT2D eigenvalue weighted by Crippen LogP contribution is 2.16. The van der Waals surface area contributed by atoms with Crippen LogP contribution in [0.1, 0.15) is 11.1 Å². The van der Waals surface area contributed by atoms with E-state index in [4.69, 9.17) is 22.7 Å². The molecule has 2 rings (SSSR count). The SMILES string of the molecule is NC(=S)Cc1ccc(OCc2ccc(Br)cc2)cc1. The first-order chi connectivity index (χ1) is 9.13. The van der Waals surface area contributed by atoms with Gasteiger partial charge in [-0.05, 0) is 35.4 Å². The Kier molecular flexibility index (Phi) is 4.93. The minimum absolute atomic E-state index is 0.503. The lowest BCUT2D eigenvalue weighted by Crippen LogP contribution is -2.10. The molecule has 0 aliphatic carbocycles. The molecular formula is C15H14BrNOS. The van der Waals surface area contributed by atoms with Crippen LogP contribution in [0.15, 0.2) is 53.0 Å². The number of halogens is 1. The van der Waals surface area contributed by atoms with E-state index in [0.717, 1.165) is 21.3 Å². The molecule has 2 nitrogen and oxygen atoms in total. The second-order valence-electron chi connectivity index (χ2n) is 4.20. The number of hydrogen-bond donors (Lipinski definition) is 1. The molecular weight excluding hydrogens is 322 g/mol. The van der Waals surface area contributed by atoms with Gasteiger partial charge in [-0.1, -0.05) is 52.4 Å². The second-order valence-corrected chi connectivity index (χ2v) is 5.64. The van der Waals surface area contributed by atoms with Gasteiger partial charge < -0.3 is 10.5 Å². The average molecular weight is 336 g/mol. The van der Waals surface area contributed by atoms with Crippen LogP contribution in [0.3, 0.4) is 0 Å². The van der Waals surface area contributed by atoms with E-state index in [9.17, 15) is 0 Å². The highest BCUT2D eigenvalue weighted by molar-refractivity contribution is 9.10. The van der Waals surface area contributed by atoms with Crippen LogP contribution in [-0.2, 0) is 13.0 Å². The monoisotopic (exact) mass is 335 g/mol. The van der Waals surface area contributed by atoms with E-state index in [2.05, 4.69) is 15.9 Å². The van der Waals surface area contributed by atoms with E-state index >= 15 is 0 Å². The molecule has 2 aromatic rings. The van der Waals surface area contributed by atoms with Gasteiger partial charge in [-0.2, -0.15) is 0 Å². The van der Waals surface area contributed by atoms with Crippen LogP contribution in [0.2, 0.25) is 0 Å². The van der Waals surface area contributed by atoms with E-state index in [1.54, 1.807) is 0 Å². The number of ether oxygens (including phenoxy) is 1. The molecule has 2 N–H and O–H groups in total. The number of hydrogen-bond acceptors (Lipinski definition) is 2. The fraction of sp³-hybridized carbons (Fsp3) is 0.133. The van der Waals surface area contributed by atoms with Gasteiger partial charge in [0.05, 0.1) is 4.99 Å². The zero-order chi connectivity index (χ0) is 13.7. The Morgan fingerprint density at radius 1 is 1.00 bits per heavy atom. The standard InChI is InChI=1S/C15H14BrNOS/c16-13-5-1-12(2-6-13)10-18-14-7-3-11(4-8-14)9-15(17)19/h1-8H,9-10H2,(H2,17,19). The Morgan fingerprint density at radius 2 is 1.58 bits per heavy atom. The fourth-order valence-electron chi connectivity index (χ4n) is 1.65. The molecule has 0 unspecified atom stereocenters. The zero-order valence-electron chi connectivity index (χ0n) is 10.3. The lowest BCUT2D eigenvalue weighted by atomic mass is 10.1. The lowest BCUT2D eigenvalue weighted by molar-refractivity contribution is 0.306. The maximum atomic E-state index is 5.71. The highest BCUT2D eigenvalue weighted by Gasteiger charge is 1.98. The van der Waals surface area contributed by atoms with E-state index in [0.29, 0.717) is 18.0 Å². The Labute approximate surface area is 126 Å². The summed E-state index contributed by atoms with van der Waals surface area (Å²) in [5.41, 5.74) is 7.74. The lowest BCUT2D eigenvalue weighted by Gasteiger charge is -2.07. The summed E-state index contributed by atoms with van der Waals surface area (Å²) in [5, 5.41) is 0. The van der Waals surface area contributed by atoms with Crippen molar-refractivity contribution < 1.29 is 4.74 Å². The smallest absolute Gasteiger partial charge is 0.119 e. The summed E-state index contributed by atoms with van der Waals surface area (Å²) in [6, 6.07) is 15.9. The molecule has 0 heterocycles. The topological polar surface area (TPSA) is 35.2 Å². The van der Waals surface area contributed by atoms with Crippen LogP contribution >= 0.6 is 28.1 Å². The summed E-state index contributed by atoms with van der Waals surface area (Å²) >= 11 is 8.29. The molecule has 2 aromatic carbocycles. The van der Waals surface area contributed by atoms with Gasteiger partial charge >= 0.3 is 0 Å². The average Bonchev–Trinajstić information content (AvgIpc) is 2.39. The van der Waals surface area contributed by atoms with Crippen molar-refractivity contribution >= 4 is 33.1 Å². The highest BCUT2D eigenvalue weighted by atomic mass is 79.9. The quantitative estimate of drug-likeness (QED) is 0.842. The van der Waals surface area contributed by atoms with Crippen molar-refractivity contribution in [3.8, 4) is 5.75 Å². The zero-order valence-corrected chi connectivity index (χ0v) is 12.7. The molecule has 0 amide bonds. The van der Waals surface area contributed by atoms with Crippen molar-refractivity contribution in [2.75, 3.05) is 0 Å². The van der Waals surface area contributed by atoms with E-state index in [1.165, 1.54) is 0 Å². The van der Waals surface area contributed by atoms with Crippen LogP contribution in [0.4, 0.5) is 0 Å². The van der Waals surface area contributed by atoms with Gasteiger partial charge in [0.1, 0.15) is 12.4 Å². The van der Waals surface area contributed by atoms with E-state index < -0.39 is 0 Å². The summed E-state index contributed by atoms with van der Waals surface area (Å²) in [4.78, 5) is 0.503. The molecule has 0 atom stereocenters. The molecule has 0 aromatic heterocycles. The van der Waals surface area contributed by atoms with Gasteiger partial charge in [-0.25, -0.2) is 0 Å². The van der Waals surface area contributed by atoms with E-state index in [1.807, 2.05) is 48.5 Å². The molecule has 0 radical (unpaired) electrons. The normalized spacial score (nSPS) is 10.2. The first-order valence-electron chi connectivity index (χ1n) is 5.88. The van der Waals surface area contributed by atoms with Gasteiger partial charge in [0.25, 0.3) is 0 Å². The molecule has 0 aliphatic rings. The minimum Gasteiger partial charge on any atom is -0.489 e. The molecule has 0 fully saturated rings. The number of thiocarbonyl (C=S) groups is 1. The third kappa shape index (κ3) is 4.65. The fourth-order valence-corrected chi connectivity index (χ4v) is 2.08. The Balaban J connectivity index is 1.92. The molecule has 0 aliphatic heterocycles. The van der Waals surface area contributed by atoms with Crippen LogP contribution in [0.5, 0.6) is 5.75 Å². The Hall–Kier alpha value is -1.39. The van der Waals surface area contributed by atoms with Crippen molar-refractivity contribution in [2.24, 2.45) is 5.73 Å². The van der Waals surface area contributed by atoms with Crippen molar-refractivity contribution in [3.05, 3.63) is 64.1 Å². The molecule has 0 saturated carbocycles. The summed E-state index contributed by atoms with van der Waals surface area (Å²) in [6.45, 7) is 0.557. The van der Waals surface area contributed by atoms with Crippen LogP contribution in [0, 0.1) is 0 Å². The van der Waals surface area contributed by atoms with Gasteiger partial charge in [-0.15, -0.1) is 0 Å². The molecule has 0 bridgehead atoms. The van der Waals surface area contributed by atoms with Crippen molar-refractivity contribution in [3.63, 3.8) is 0 Å². The first-order valence-corrected chi connectivity index (χ1v) is 7.08. The number of rotatable bonds is 5. The third-order valence-corrected chi connectivity index (χ3v) is 3.29. The predicted octanol–water partition coefficient (Wildman–Crippen LogP) is 3.86. The van der Waals surface area contributed by atoms with Crippen LogP contribution in [0.25, 0.3) is 0 Å². The molecule has 0 saturated heterocycles. The van der Waals surface area contributed by atoms with Gasteiger partial charge in [0.15, 0.2) is 0 Å². The summed E-state index contributed by atoms with van der Waals surface area (Å²) < 4.78 is 6.78. The molecule has 19 heavy (non-hydrogen) atoms. The van der Waals surface area contributed by atoms with Crippen molar-refractivity contribution in [1.29, 1.82) is 0 Å². The Morgan fingerprint density at radius 3 is 2.16 bits per heavy atom. The first kappa shape index (κ1) is 14.0. The predicted molar refractivity (Wildman–Crippen MR) is 85.4 cm³/mol. The summed E-state index contributed by atoms with van der Waals surface area (Å²) in [7, 11) is 0.